The molecule has 20 heavy (non-hydrogen) atoms. The lowest BCUT2D eigenvalue weighted by atomic mass is 9.93. The van der Waals surface area contributed by atoms with Crippen molar-refractivity contribution < 1.29 is 13.6 Å². The Morgan fingerprint density at radius 3 is 2.55 bits per heavy atom. The highest BCUT2D eigenvalue weighted by Gasteiger charge is 2.23. The summed E-state index contributed by atoms with van der Waals surface area (Å²) in [6.07, 6.45) is 2.79. The van der Waals surface area contributed by atoms with Gasteiger partial charge in [0.2, 0.25) is 11.3 Å². The first-order valence-corrected chi connectivity index (χ1v) is 7.96. The van der Waals surface area contributed by atoms with E-state index in [0.29, 0.717) is 12.5 Å². The van der Waals surface area contributed by atoms with Crippen molar-refractivity contribution in [2.45, 2.75) is 19.3 Å². The van der Waals surface area contributed by atoms with Gasteiger partial charge >= 0.3 is 0 Å². The van der Waals surface area contributed by atoms with Gasteiger partial charge in [0.05, 0.1) is 0 Å². The number of hydrogen-bond donors (Lipinski definition) is 2. The fraction of sp³-hybridized carbons (Fsp3) is 0.500. The van der Waals surface area contributed by atoms with Gasteiger partial charge in [0.15, 0.2) is 0 Å². The Kier molecular flexibility index (Phi) is 5.70. The minimum Gasteiger partial charge on any atom is -0.339 e. The van der Waals surface area contributed by atoms with Gasteiger partial charge in [0, 0.05) is 25.2 Å². The highest BCUT2D eigenvalue weighted by atomic mass is 32.2. The number of likely N-dealkylation sites (tertiary alicyclic amines) is 1. The lowest BCUT2D eigenvalue weighted by molar-refractivity contribution is 0.0687. The SMILES string of the molecule is O=C(c1ccccc1)N1CCC(CCNS(=O)O)CC1. The molecule has 2 N–H and O–H groups in total. The molecule has 1 aromatic carbocycles. The molecular weight excluding hydrogens is 276 g/mol. The predicted octanol–water partition coefficient (Wildman–Crippen LogP) is 1.66. The summed E-state index contributed by atoms with van der Waals surface area (Å²) in [6, 6.07) is 9.34. The van der Waals surface area contributed by atoms with Gasteiger partial charge in [0.25, 0.3) is 5.91 Å². The van der Waals surface area contributed by atoms with Gasteiger partial charge in [-0.25, -0.2) is 8.93 Å². The van der Waals surface area contributed by atoms with E-state index < -0.39 is 11.3 Å². The average Bonchev–Trinajstić information content (AvgIpc) is 2.48. The molecule has 1 unspecified atom stereocenters. The van der Waals surface area contributed by atoms with Crippen LogP contribution >= 0.6 is 0 Å². The second-order valence-electron chi connectivity index (χ2n) is 5.03. The van der Waals surface area contributed by atoms with Crippen molar-refractivity contribution in [3.63, 3.8) is 0 Å². The number of hydrogen-bond acceptors (Lipinski definition) is 2. The maximum Gasteiger partial charge on any atom is 0.253 e. The molecule has 1 heterocycles. The van der Waals surface area contributed by atoms with Gasteiger partial charge < -0.3 is 4.90 Å². The molecule has 0 radical (unpaired) electrons. The molecule has 0 saturated carbocycles. The molecule has 1 fully saturated rings. The van der Waals surface area contributed by atoms with Crippen LogP contribution in [0.25, 0.3) is 0 Å². The smallest absolute Gasteiger partial charge is 0.253 e. The van der Waals surface area contributed by atoms with E-state index in [1.165, 1.54) is 0 Å². The summed E-state index contributed by atoms with van der Waals surface area (Å²) in [5, 5.41) is 0. The fourth-order valence-electron chi connectivity index (χ4n) is 2.54. The maximum atomic E-state index is 12.3. The number of carbonyl (C=O) groups excluding carboxylic acids is 1. The van der Waals surface area contributed by atoms with Gasteiger partial charge in [-0.15, -0.1) is 0 Å². The second kappa shape index (κ2) is 7.52. The third-order valence-corrected chi connectivity index (χ3v) is 4.15. The molecule has 1 saturated heterocycles. The number of piperidine rings is 1. The number of rotatable bonds is 5. The molecule has 110 valence electrons. The van der Waals surface area contributed by atoms with E-state index in [4.69, 9.17) is 4.55 Å². The van der Waals surface area contributed by atoms with Crippen LogP contribution in [-0.4, -0.2) is 39.2 Å². The summed E-state index contributed by atoms with van der Waals surface area (Å²) < 4.78 is 21.6. The molecule has 1 atom stereocenters. The first kappa shape index (κ1) is 15.2. The normalized spacial score (nSPS) is 17.9. The third-order valence-electron chi connectivity index (χ3n) is 3.70. The molecule has 6 heteroatoms. The van der Waals surface area contributed by atoms with Crippen LogP contribution in [0.3, 0.4) is 0 Å². The summed E-state index contributed by atoms with van der Waals surface area (Å²) in [4.78, 5) is 14.1. The van der Waals surface area contributed by atoms with E-state index in [-0.39, 0.29) is 5.91 Å². The molecule has 0 aromatic heterocycles. The number of amides is 1. The Morgan fingerprint density at radius 1 is 1.30 bits per heavy atom. The Balaban J connectivity index is 1.77. The number of benzene rings is 1. The molecule has 2 rings (SSSR count). The van der Waals surface area contributed by atoms with Gasteiger partial charge in [-0.2, -0.15) is 0 Å². The van der Waals surface area contributed by atoms with Crippen LogP contribution in [0.2, 0.25) is 0 Å². The molecule has 0 bridgehead atoms. The molecular formula is C14H20N2O3S. The lowest BCUT2D eigenvalue weighted by Gasteiger charge is -2.32. The van der Waals surface area contributed by atoms with Crippen molar-refractivity contribution >= 4 is 17.2 Å². The van der Waals surface area contributed by atoms with Gasteiger partial charge in [-0.3, -0.25) is 9.35 Å². The highest BCUT2D eigenvalue weighted by molar-refractivity contribution is 7.77. The Morgan fingerprint density at radius 2 is 1.95 bits per heavy atom. The zero-order valence-electron chi connectivity index (χ0n) is 11.3. The molecule has 5 nitrogen and oxygen atoms in total. The van der Waals surface area contributed by atoms with Crippen LogP contribution in [0.5, 0.6) is 0 Å². The standard InChI is InChI=1S/C14H20N2O3S/c17-14(13-4-2-1-3-5-13)16-10-7-12(8-11-16)6-9-15-20(18)19/h1-5,12,15H,6-11H2,(H,18,19). The number of nitrogens with one attached hydrogen (secondary N) is 1. The first-order chi connectivity index (χ1) is 9.66. The number of carbonyl (C=O) groups is 1. The van der Waals surface area contributed by atoms with Crippen LogP contribution < -0.4 is 4.72 Å². The Bertz CT molecular complexity index is 459. The molecule has 0 spiro atoms. The van der Waals surface area contributed by atoms with Crippen molar-refractivity contribution in [3.05, 3.63) is 35.9 Å². The molecule has 0 aliphatic carbocycles. The average molecular weight is 296 g/mol. The summed E-state index contributed by atoms with van der Waals surface area (Å²) in [7, 11) is 0. The molecule has 1 aliphatic rings. The van der Waals surface area contributed by atoms with Crippen molar-refractivity contribution in [3.8, 4) is 0 Å². The summed E-state index contributed by atoms with van der Waals surface area (Å²) in [5.74, 6) is 0.615. The van der Waals surface area contributed by atoms with Crippen LogP contribution in [-0.2, 0) is 11.3 Å². The third kappa shape index (κ3) is 4.40. The van der Waals surface area contributed by atoms with E-state index in [9.17, 15) is 9.00 Å². The van der Waals surface area contributed by atoms with E-state index in [0.717, 1.165) is 37.9 Å². The van der Waals surface area contributed by atoms with E-state index in [2.05, 4.69) is 4.72 Å². The monoisotopic (exact) mass is 296 g/mol. The van der Waals surface area contributed by atoms with E-state index in [1.807, 2.05) is 35.2 Å². The van der Waals surface area contributed by atoms with E-state index >= 15 is 0 Å². The van der Waals surface area contributed by atoms with Crippen molar-refractivity contribution in [2.24, 2.45) is 5.92 Å². The van der Waals surface area contributed by atoms with Crippen LogP contribution in [0.15, 0.2) is 30.3 Å². The maximum absolute atomic E-state index is 12.3. The van der Waals surface area contributed by atoms with Gasteiger partial charge in [-0.1, -0.05) is 18.2 Å². The Labute approximate surface area is 121 Å². The van der Waals surface area contributed by atoms with Crippen LogP contribution in [0.1, 0.15) is 29.6 Å². The first-order valence-electron chi connectivity index (χ1n) is 6.85. The lowest BCUT2D eigenvalue weighted by Crippen LogP contribution is -2.39. The molecule has 1 aliphatic heterocycles. The quantitative estimate of drug-likeness (QED) is 0.812. The summed E-state index contributed by atoms with van der Waals surface area (Å²) >= 11 is -1.92. The minimum absolute atomic E-state index is 0.0960. The summed E-state index contributed by atoms with van der Waals surface area (Å²) in [5.41, 5.74) is 0.739. The topological polar surface area (TPSA) is 69.6 Å². The molecule has 1 amide bonds. The van der Waals surface area contributed by atoms with Crippen LogP contribution in [0.4, 0.5) is 0 Å². The van der Waals surface area contributed by atoms with Crippen LogP contribution in [0, 0.1) is 5.92 Å². The highest BCUT2D eigenvalue weighted by Crippen LogP contribution is 2.21. The van der Waals surface area contributed by atoms with Gasteiger partial charge in [0.1, 0.15) is 0 Å². The zero-order valence-corrected chi connectivity index (χ0v) is 12.1. The number of nitrogens with zero attached hydrogens (tertiary/aromatic N) is 1. The predicted molar refractivity (Wildman–Crippen MR) is 78.5 cm³/mol. The van der Waals surface area contributed by atoms with Crippen molar-refractivity contribution in [2.75, 3.05) is 19.6 Å². The Hall–Kier alpha value is -1.24. The van der Waals surface area contributed by atoms with Crippen molar-refractivity contribution in [1.29, 1.82) is 0 Å². The summed E-state index contributed by atoms with van der Waals surface area (Å²) in [6.45, 7) is 2.07. The van der Waals surface area contributed by atoms with Gasteiger partial charge in [-0.05, 0) is 37.3 Å². The minimum atomic E-state index is -1.92. The van der Waals surface area contributed by atoms with E-state index in [1.54, 1.807) is 0 Å². The largest absolute Gasteiger partial charge is 0.339 e. The fourth-order valence-corrected chi connectivity index (χ4v) is 2.83. The molecule has 1 aromatic rings. The van der Waals surface area contributed by atoms with Crippen molar-refractivity contribution in [1.82, 2.24) is 9.62 Å². The zero-order chi connectivity index (χ0) is 14.4. The second-order valence-corrected chi connectivity index (χ2v) is 5.82.